The van der Waals surface area contributed by atoms with Gasteiger partial charge in [-0.15, -0.1) is 0 Å². The molecule has 4 aromatic rings. The Bertz CT molecular complexity index is 1200. The Morgan fingerprint density at radius 1 is 1.03 bits per heavy atom. The smallest absolute Gasteiger partial charge is 0.169 e. The molecule has 0 saturated carbocycles. The molecular formula is C23H21FN4O3. The van der Waals surface area contributed by atoms with Crippen LogP contribution in [0.3, 0.4) is 0 Å². The van der Waals surface area contributed by atoms with E-state index in [1.807, 2.05) is 12.1 Å². The lowest BCUT2D eigenvalue weighted by atomic mass is 10.1. The highest BCUT2D eigenvalue weighted by Crippen LogP contribution is 2.37. The Morgan fingerprint density at radius 2 is 1.84 bits per heavy atom. The van der Waals surface area contributed by atoms with Crippen LogP contribution < -0.4 is 14.5 Å². The summed E-state index contributed by atoms with van der Waals surface area (Å²) in [5, 5.41) is 11.9. The number of nitrogens with zero attached hydrogens (tertiary/aromatic N) is 4. The van der Waals surface area contributed by atoms with Crippen LogP contribution in [0, 0.1) is 12.7 Å². The summed E-state index contributed by atoms with van der Waals surface area (Å²) in [7, 11) is 1.52. The minimum absolute atomic E-state index is 0.0118. The van der Waals surface area contributed by atoms with Crippen molar-refractivity contribution in [1.29, 1.82) is 0 Å². The molecule has 4 rings (SSSR count). The highest BCUT2D eigenvalue weighted by atomic mass is 19.1. The molecule has 158 valence electrons. The van der Waals surface area contributed by atoms with E-state index >= 15 is 0 Å². The van der Waals surface area contributed by atoms with Crippen molar-refractivity contribution in [2.24, 2.45) is 0 Å². The predicted octanol–water partition coefficient (Wildman–Crippen LogP) is 4.63. The molecule has 0 unspecified atom stereocenters. The lowest BCUT2D eigenvalue weighted by Gasteiger charge is -2.19. The van der Waals surface area contributed by atoms with Crippen molar-refractivity contribution < 1.29 is 19.1 Å². The zero-order chi connectivity index (χ0) is 21.8. The number of fused-ring (bicyclic) bond motifs is 1. The maximum atomic E-state index is 14.4. The van der Waals surface area contributed by atoms with Gasteiger partial charge in [0.1, 0.15) is 17.8 Å². The second-order valence-electron chi connectivity index (χ2n) is 6.94. The summed E-state index contributed by atoms with van der Waals surface area (Å²) in [6, 6.07) is 11.8. The summed E-state index contributed by atoms with van der Waals surface area (Å²) < 4.78 is 25.8. The summed E-state index contributed by atoms with van der Waals surface area (Å²) in [5.41, 5.74) is 2.37. The minimum atomic E-state index is -0.558. The van der Waals surface area contributed by atoms with Gasteiger partial charge in [0.2, 0.25) is 0 Å². The largest absolute Gasteiger partial charge is 0.493 e. The summed E-state index contributed by atoms with van der Waals surface area (Å²) >= 11 is 0. The third-order valence-corrected chi connectivity index (χ3v) is 4.83. The van der Waals surface area contributed by atoms with Crippen LogP contribution in [0.5, 0.6) is 11.5 Å². The fourth-order valence-corrected chi connectivity index (χ4v) is 3.22. The van der Waals surface area contributed by atoms with E-state index in [0.717, 1.165) is 11.1 Å². The van der Waals surface area contributed by atoms with Crippen molar-refractivity contribution in [3.05, 3.63) is 78.1 Å². The SMILES string of the molecule is COc1cc2c(N(O)c3ccc(C)cc3F)ncnc2cc1OCCc1ccncc1. The van der Waals surface area contributed by atoms with Crippen LogP contribution in [-0.4, -0.2) is 33.9 Å². The van der Waals surface area contributed by atoms with E-state index in [2.05, 4.69) is 15.0 Å². The molecule has 0 bridgehead atoms. The molecule has 0 aliphatic rings. The van der Waals surface area contributed by atoms with E-state index in [1.54, 1.807) is 37.5 Å². The molecule has 0 radical (unpaired) electrons. The minimum Gasteiger partial charge on any atom is -0.493 e. The number of aryl methyl sites for hydroxylation is 1. The third-order valence-electron chi connectivity index (χ3n) is 4.83. The summed E-state index contributed by atoms with van der Waals surface area (Å²) in [5.74, 6) is 0.544. The van der Waals surface area contributed by atoms with Crippen LogP contribution in [0.4, 0.5) is 15.9 Å². The van der Waals surface area contributed by atoms with Crippen LogP contribution in [0.15, 0.2) is 61.2 Å². The van der Waals surface area contributed by atoms with Crippen molar-refractivity contribution in [1.82, 2.24) is 15.0 Å². The van der Waals surface area contributed by atoms with Crippen molar-refractivity contribution >= 4 is 22.4 Å². The predicted molar refractivity (Wildman–Crippen MR) is 115 cm³/mol. The number of anilines is 2. The standard InChI is InChI=1S/C23H21FN4O3/c1-15-3-4-20(18(24)11-15)28(29)23-17-12-21(30-2)22(13-19(17)26-14-27-23)31-10-7-16-5-8-25-9-6-16/h3-6,8-9,11-14,29H,7,10H2,1-2H3. The molecule has 0 atom stereocenters. The van der Waals surface area contributed by atoms with Crippen molar-refractivity contribution in [3.8, 4) is 11.5 Å². The normalized spacial score (nSPS) is 10.8. The van der Waals surface area contributed by atoms with E-state index in [1.165, 1.54) is 25.6 Å². The zero-order valence-corrected chi connectivity index (χ0v) is 17.1. The lowest BCUT2D eigenvalue weighted by Crippen LogP contribution is -2.14. The molecule has 2 aromatic heterocycles. The first-order chi connectivity index (χ1) is 15.1. The second kappa shape index (κ2) is 8.93. The number of hydrogen-bond donors (Lipinski definition) is 1. The summed E-state index contributed by atoms with van der Waals surface area (Å²) in [6.07, 6.45) is 5.49. The van der Waals surface area contributed by atoms with E-state index in [-0.39, 0.29) is 11.5 Å². The molecule has 0 fully saturated rings. The van der Waals surface area contributed by atoms with Gasteiger partial charge in [-0.05, 0) is 48.4 Å². The first kappa shape index (κ1) is 20.5. The number of hydrogen-bond acceptors (Lipinski definition) is 7. The number of halogens is 1. The number of ether oxygens (including phenoxy) is 2. The molecule has 0 amide bonds. The van der Waals surface area contributed by atoms with Gasteiger partial charge in [-0.1, -0.05) is 6.07 Å². The van der Waals surface area contributed by atoms with Crippen LogP contribution in [0.1, 0.15) is 11.1 Å². The second-order valence-corrected chi connectivity index (χ2v) is 6.94. The van der Waals surface area contributed by atoms with Crippen LogP contribution >= 0.6 is 0 Å². The van der Waals surface area contributed by atoms with Crippen molar-refractivity contribution in [3.63, 3.8) is 0 Å². The molecule has 0 aliphatic carbocycles. The fraction of sp³-hybridized carbons (Fsp3) is 0.174. The average molecular weight is 420 g/mol. The average Bonchev–Trinajstić information content (AvgIpc) is 2.78. The summed E-state index contributed by atoms with van der Waals surface area (Å²) in [6.45, 7) is 2.21. The molecule has 0 aliphatic heterocycles. The van der Waals surface area contributed by atoms with Gasteiger partial charge in [0.05, 0.1) is 19.2 Å². The topological polar surface area (TPSA) is 80.6 Å². The van der Waals surface area contributed by atoms with Crippen molar-refractivity contribution in [2.75, 3.05) is 18.8 Å². The Hall–Kier alpha value is -3.78. The van der Waals surface area contributed by atoms with Crippen LogP contribution in [-0.2, 0) is 6.42 Å². The molecular weight excluding hydrogens is 399 g/mol. The van der Waals surface area contributed by atoms with Gasteiger partial charge in [-0.25, -0.2) is 19.4 Å². The molecule has 31 heavy (non-hydrogen) atoms. The van der Waals surface area contributed by atoms with Gasteiger partial charge >= 0.3 is 0 Å². The lowest BCUT2D eigenvalue weighted by molar-refractivity contribution is 0.293. The number of rotatable bonds is 7. The van der Waals surface area contributed by atoms with Gasteiger partial charge in [-0.2, -0.15) is 0 Å². The Morgan fingerprint density at radius 3 is 2.58 bits per heavy atom. The van der Waals surface area contributed by atoms with Gasteiger partial charge in [-0.3, -0.25) is 10.2 Å². The summed E-state index contributed by atoms with van der Waals surface area (Å²) in [4.78, 5) is 12.4. The fourth-order valence-electron chi connectivity index (χ4n) is 3.22. The van der Waals surface area contributed by atoms with E-state index in [9.17, 15) is 9.60 Å². The molecule has 8 heteroatoms. The first-order valence-electron chi connectivity index (χ1n) is 9.66. The number of benzene rings is 2. The van der Waals surface area contributed by atoms with Crippen molar-refractivity contribution in [2.45, 2.75) is 13.3 Å². The quantitative estimate of drug-likeness (QED) is 0.437. The molecule has 2 aromatic carbocycles. The van der Waals surface area contributed by atoms with Crippen LogP contribution in [0.2, 0.25) is 0 Å². The molecule has 0 spiro atoms. The first-order valence-corrected chi connectivity index (χ1v) is 9.66. The molecule has 7 nitrogen and oxygen atoms in total. The third kappa shape index (κ3) is 4.39. The maximum absolute atomic E-state index is 14.4. The Labute approximate surface area is 178 Å². The van der Waals surface area contributed by atoms with E-state index in [4.69, 9.17) is 9.47 Å². The zero-order valence-electron chi connectivity index (χ0n) is 17.1. The Kier molecular flexibility index (Phi) is 5.90. The highest BCUT2D eigenvalue weighted by molar-refractivity contribution is 5.93. The number of methoxy groups -OCH3 is 1. The van der Waals surface area contributed by atoms with Gasteiger partial charge in [0, 0.05) is 30.3 Å². The van der Waals surface area contributed by atoms with Gasteiger partial charge in [0.25, 0.3) is 0 Å². The molecule has 1 N–H and O–H groups in total. The van der Waals surface area contributed by atoms with E-state index < -0.39 is 5.82 Å². The highest BCUT2D eigenvalue weighted by Gasteiger charge is 2.18. The Balaban J connectivity index is 1.65. The van der Waals surface area contributed by atoms with E-state index in [0.29, 0.717) is 40.5 Å². The van der Waals surface area contributed by atoms with Gasteiger partial charge in [0.15, 0.2) is 17.3 Å². The van der Waals surface area contributed by atoms with Crippen LogP contribution in [0.25, 0.3) is 10.9 Å². The molecule has 0 saturated heterocycles. The molecule has 2 heterocycles. The number of aromatic nitrogens is 3. The monoisotopic (exact) mass is 420 g/mol. The van der Waals surface area contributed by atoms with Gasteiger partial charge < -0.3 is 9.47 Å². The maximum Gasteiger partial charge on any atom is 0.169 e. The number of pyridine rings is 1.